The molecular formula is C31H22O3. The first-order chi connectivity index (χ1) is 16.8. The molecule has 4 aromatic rings. The van der Waals surface area contributed by atoms with E-state index in [1.54, 1.807) is 0 Å². The second-order valence-corrected chi connectivity index (χ2v) is 7.88. The van der Waals surface area contributed by atoms with Gasteiger partial charge in [-0.15, -0.1) is 12.8 Å². The molecule has 0 aromatic heterocycles. The van der Waals surface area contributed by atoms with Crippen LogP contribution in [0.1, 0.15) is 22.3 Å². The number of benzene rings is 4. The second kappa shape index (κ2) is 9.10. The normalized spacial score (nSPS) is 12.8. The van der Waals surface area contributed by atoms with E-state index in [2.05, 4.69) is 48.2 Å². The van der Waals surface area contributed by atoms with Gasteiger partial charge in [0.15, 0.2) is 0 Å². The first-order valence-corrected chi connectivity index (χ1v) is 11.0. The van der Waals surface area contributed by atoms with Crippen LogP contribution in [0.15, 0.2) is 97.1 Å². The molecule has 0 spiro atoms. The number of hydrogen-bond acceptors (Lipinski definition) is 3. The Labute approximate surface area is 199 Å². The summed E-state index contributed by atoms with van der Waals surface area (Å²) in [7, 11) is 0. The Morgan fingerprint density at radius 1 is 0.588 bits per heavy atom. The van der Waals surface area contributed by atoms with Crippen molar-refractivity contribution in [3.8, 4) is 47.7 Å². The summed E-state index contributed by atoms with van der Waals surface area (Å²) in [4.78, 5) is 0. The Balaban J connectivity index is 1.76. The maximum Gasteiger partial charge on any atom is 0.148 e. The van der Waals surface area contributed by atoms with Gasteiger partial charge in [-0.1, -0.05) is 72.5 Å². The van der Waals surface area contributed by atoms with Crippen molar-refractivity contribution in [2.24, 2.45) is 0 Å². The molecule has 0 amide bonds. The van der Waals surface area contributed by atoms with E-state index in [1.807, 2.05) is 60.7 Å². The van der Waals surface area contributed by atoms with E-state index < -0.39 is 5.41 Å². The fourth-order valence-electron chi connectivity index (χ4n) is 4.64. The quantitative estimate of drug-likeness (QED) is 0.293. The van der Waals surface area contributed by atoms with Gasteiger partial charge >= 0.3 is 0 Å². The minimum Gasteiger partial charge on any atom is -0.481 e. The van der Waals surface area contributed by atoms with Crippen molar-refractivity contribution in [2.45, 2.75) is 5.41 Å². The van der Waals surface area contributed by atoms with E-state index in [1.165, 1.54) is 0 Å². The fourth-order valence-corrected chi connectivity index (χ4v) is 4.64. The smallest absolute Gasteiger partial charge is 0.148 e. The van der Waals surface area contributed by atoms with E-state index in [9.17, 15) is 0 Å². The third-order valence-corrected chi connectivity index (χ3v) is 6.02. The summed E-state index contributed by atoms with van der Waals surface area (Å²) in [5.74, 6) is 8.11. The predicted molar refractivity (Wildman–Crippen MR) is 133 cm³/mol. The molecule has 0 aliphatic carbocycles. The number of para-hydroxylation sites is 2. The average Bonchev–Trinajstić information content (AvgIpc) is 2.90. The van der Waals surface area contributed by atoms with E-state index >= 15 is 0 Å². The number of fused-ring (bicyclic) bond motifs is 2. The van der Waals surface area contributed by atoms with Crippen LogP contribution in [-0.2, 0) is 5.41 Å². The van der Waals surface area contributed by atoms with Crippen LogP contribution in [0, 0.1) is 24.7 Å². The van der Waals surface area contributed by atoms with Crippen LogP contribution >= 0.6 is 0 Å². The Bertz CT molecular complexity index is 1280. The zero-order valence-corrected chi connectivity index (χ0v) is 18.5. The molecule has 0 bridgehead atoms. The largest absolute Gasteiger partial charge is 0.481 e. The molecule has 164 valence electrons. The van der Waals surface area contributed by atoms with E-state index in [0.29, 0.717) is 0 Å². The molecule has 1 aliphatic heterocycles. The van der Waals surface area contributed by atoms with Crippen molar-refractivity contribution in [3.63, 3.8) is 0 Å². The van der Waals surface area contributed by atoms with Crippen molar-refractivity contribution in [3.05, 3.63) is 119 Å². The minimum atomic E-state index is -0.610. The highest BCUT2D eigenvalue weighted by atomic mass is 16.5. The summed E-state index contributed by atoms with van der Waals surface area (Å²) < 4.78 is 17.6. The molecule has 5 rings (SSSR count). The van der Waals surface area contributed by atoms with Crippen LogP contribution in [0.3, 0.4) is 0 Å². The molecule has 0 N–H and O–H groups in total. The molecule has 0 radical (unpaired) electrons. The van der Waals surface area contributed by atoms with E-state index in [0.717, 1.165) is 45.3 Å². The maximum atomic E-state index is 6.34. The van der Waals surface area contributed by atoms with Gasteiger partial charge in [-0.3, -0.25) is 0 Å². The number of ether oxygens (including phenoxy) is 3. The first kappa shape index (κ1) is 21.3. The lowest BCUT2D eigenvalue weighted by Gasteiger charge is -2.41. The molecule has 3 heteroatoms. The van der Waals surface area contributed by atoms with Crippen molar-refractivity contribution in [2.75, 3.05) is 13.2 Å². The maximum absolute atomic E-state index is 6.34. The Morgan fingerprint density at radius 2 is 1.00 bits per heavy atom. The molecule has 0 fully saturated rings. The Kier molecular flexibility index (Phi) is 5.69. The van der Waals surface area contributed by atoms with Crippen molar-refractivity contribution in [1.82, 2.24) is 0 Å². The lowest BCUT2D eigenvalue weighted by molar-refractivity contribution is 0.370. The van der Waals surface area contributed by atoms with Crippen molar-refractivity contribution < 1.29 is 14.2 Å². The van der Waals surface area contributed by atoms with Gasteiger partial charge in [-0.2, -0.15) is 0 Å². The molecule has 4 aromatic carbocycles. The third-order valence-electron chi connectivity index (χ3n) is 6.02. The summed E-state index contributed by atoms with van der Waals surface area (Å²) in [5, 5.41) is 0. The van der Waals surface area contributed by atoms with Gasteiger partial charge in [-0.05, 0) is 47.5 Å². The topological polar surface area (TPSA) is 27.7 Å². The monoisotopic (exact) mass is 442 g/mol. The lowest BCUT2D eigenvalue weighted by atomic mass is 9.63. The highest BCUT2D eigenvalue weighted by Gasteiger charge is 2.45. The van der Waals surface area contributed by atoms with Crippen LogP contribution in [-0.4, -0.2) is 13.2 Å². The van der Waals surface area contributed by atoms with Gasteiger partial charge in [-0.25, -0.2) is 0 Å². The van der Waals surface area contributed by atoms with Crippen molar-refractivity contribution >= 4 is 0 Å². The zero-order valence-electron chi connectivity index (χ0n) is 18.5. The lowest BCUT2D eigenvalue weighted by Crippen LogP contribution is -2.34. The zero-order chi connectivity index (χ0) is 23.4. The number of terminal acetylenes is 2. The molecule has 0 saturated carbocycles. The molecule has 0 saturated heterocycles. The second-order valence-electron chi connectivity index (χ2n) is 7.88. The van der Waals surface area contributed by atoms with E-state index in [-0.39, 0.29) is 13.2 Å². The fraction of sp³-hybridized carbons (Fsp3) is 0.0968. The predicted octanol–water partition coefficient (Wildman–Crippen LogP) is 6.20. The molecular weight excluding hydrogens is 420 g/mol. The van der Waals surface area contributed by atoms with Crippen molar-refractivity contribution in [1.29, 1.82) is 0 Å². The van der Waals surface area contributed by atoms with E-state index in [4.69, 9.17) is 27.1 Å². The summed E-state index contributed by atoms with van der Waals surface area (Å²) in [6.07, 6.45) is 10.7. The molecule has 0 unspecified atom stereocenters. The standard InChI is InChI=1S/C31H22O3/c1-3-21-32-25-17-13-23(14-18-25)31(24-15-19-26(20-16-24)33-22-4-2)27-9-5-7-11-29(27)34-30-12-8-6-10-28(30)31/h1-2,5-20H,21-22H2. The van der Waals surface area contributed by atoms with Crippen LogP contribution < -0.4 is 14.2 Å². The molecule has 3 nitrogen and oxygen atoms in total. The van der Waals surface area contributed by atoms with Crippen LogP contribution in [0.2, 0.25) is 0 Å². The van der Waals surface area contributed by atoms with Gasteiger partial charge < -0.3 is 14.2 Å². The molecule has 1 aliphatic rings. The Hall–Kier alpha value is -4.60. The number of rotatable bonds is 6. The third kappa shape index (κ3) is 3.54. The minimum absolute atomic E-state index is 0.225. The highest BCUT2D eigenvalue weighted by molar-refractivity contribution is 5.69. The summed E-state index contributed by atoms with van der Waals surface area (Å²) in [6.45, 7) is 0.451. The Morgan fingerprint density at radius 3 is 1.41 bits per heavy atom. The molecule has 1 heterocycles. The van der Waals surface area contributed by atoms with Gasteiger partial charge in [0.25, 0.3) is 0 Å². The number of hydrogen-bond donors (Lipinski definition) is 0. The SMILES string of the molecule is C#CCOc1ccc(C2(c3ccc(OCC#C)cc3)c3ccccc3Oc3ccccc32)cc1. The summed E-state index contributed by atoms with van der Waals surface area (Å²) in [5.41, 5.74) is 3.68. The highest BCUT2D eigenvalue weighted by Crippen LogP contribution is 2.55. The van der Waals surface area contributed by atoms with Gasteiger partial charge in [0.2, 0.25) is 0 Å². The van der Waals surface area contributed by atoms with Gasteiger partial charge in [0, 0.05) is 11.1 Å². The average molecular weight is 443 g/mol. The van der Waals surface area contributed by atoms with Crippen LogP contribution in [0.5, 0.6) is 23.0 Å². The molecule has 34 heavy (non-hydrogen) atoms. The van der Waals surface area contributed by atoms with Gasteiger partial charge in [0.1, 0.15) is 36.2 Å². The summed E-state index contributed by atoms with van der Waals surface area (Å²) in [6, 6.07) is 32.5. The molecule has 0 atom stereocenters. The summed E-state index contributed by atoms with van der Waals surface area (Å²) >= 11 is 0. The van der Waals surface area contributed by atoms with Crippen LogP contribution in [0.4, 0.5) is 0 Å². The first-order valence-electron chi connectivity index (χ1n) is 11.0. The van der Waals surface area contributed by atoms with Crippen LogP contribution in [0.25, 0.3) is 0 Å². The van der Waals surface area contributed by atoms with Gasteiger partial charge in [0.05, 0.1) is 5.41 Å².